The smallest absolute Gasteiger partial charge is 0.247 e. The molecule has 0 saturated heterocycles. The lowest BCUT2D eigenvalue weighted by atomic mass is 10.2. The molecule has 90 valence electrons. The molecule has 0 saturated carbocycles. The number of benzene rings is 1. The molecule has 2 N–H and O–H groups in total. The van der Waals surface area contributed by atoms with Crippen molar-refractivity contribution < 1.29 is 9.15 Å². The molecule has 0 atom stereocenters. The Morgan fingerprint density at radius 3 is 2.71 bits per heavy atom. The molecule has 5 nitrogen and oxygen atoms in total. The second kappa shape index (κ2) is 4.86. The van der Waals surface area contributed by atoms with E-state index in [-0.39, 0.29) is 0 Å². The highest BCUT2D eigenvalue weighted by Gasteiger charge is 2.09. The Morgan fingerprint density at radius 2 is 2.06 bits per heavy atom. The molecule has 0 aliphatic heterocycles. The van der Waals surface area contributed by atoms with Gasteiger partial charge in [-0.2, -0.15) is 0 Å². The van der Waals surface area contributed by atoms with Gasteiger partial charge in [-0.15, -0.1) is 10.2 Å². The van der Waals surface area contributed by atoms with Crippen LogP contribution in [0.2, 0.25) is 0 Å². The van der Waals surface area contributed by atoms with Crippen molar-refractivity contribution in [3.05, 3.63) is 24.1 Å². The summed E-state index contributed by atoms with van der Waals surface area (Å²) in [5, 5.41) is 7.89. The Morgan fingerprint density at radius 1 is 1.24 bits per heavy atom. The standard InChI is InChI=1S/C12H15N3O2/c1-3-11-14-15-12(17-11)8-5-9(13)7-10(6-8)16-4-2/h5-7H,3-4,13H2,1-2H3. The average molecular weight is 233 g/mol. The molecule has 2 aromatic rings. The van der Waals surface area contributed by atoms with Gasteiger partial charge in [0.25, 0.3) is 0 Å². The molecule has 0 unspecified atom stereocenters. The van der Waals surface area contributed by atoms with Crippen molar-refractivity contribution in [2.75, 3.05) is 12.3 Å². The molecule has 0 fully saturated rings. The number of nitrogens with two attached hydrogens (primary N) is 1. The first-order valence-corrected chi connectivity index (χ1v) is 5.59. The van der Waals surface area contributed by atoms with Crippen molar-refractivity contribution in [2.45, 2.75) is 20.3 Å². The quantitative estimate of drug-likeness (QED) is 0.820. The molecule has 17 heavy (non-hydrogen) atoms. The predicted molar refractivity (Wildman–Crippen MR) is 64.7 cm³/mol. The molecule has 0 bridgehead atoms. The van der Waals surface area contributed by atoms with Crippen molar-refractivity contribution in [1.29, 1.82) is 0 Å². The number of rotatable bonds is 4. The summed E-state index contributed by atoms with van der Waals surface area (Å²) in [4.78, 5) is 0. The van der Waals surface area contributed by atoms with Gasteiger partial charge < -0.3 is 14.9 Å². The molecular formula is C12H15N3O2. The van der Waals surface area contributed by atoms with E-state index in [4.69, 9.17) is 14.9 Å². The maximum Gasteiger partial charge on any atom is 0.247 e. The van der Waals surface area contributed by atoms with Crippen molar-refractivity contribution in [2.24, 2.45) is 0 Å². The number of hydrogen-bond donors (Lipinski definition) is 1. The lowest BCUT2D eigenvalue weighted by Crippen LogP contribution is -1.94. The number of nitrogen functional groups attached to an aromatic ring is 1. The number of aryl methyl sites for hydroxylation is 1. The lowest BCUT2D eigenvalue weighted by Gasteiger charge is -2.05. The molecule has 0 aliphatic carbocycles. The zero-order valence-electron chi connectivity index (χ0n) is 9.93. The van der Waals surface area contributed by atoms with Gasteiger partial charge in [0, 0.05) is 23.7 Å². The van der Waals surface area contributed by atoms with Crippen LogP contribution in [0.3, 0.4) is 0 Å². The van der Waals surface area contributed by atoms with Crippen LogP contribution in [-0.4, -0.2) is 16.8 Å². The van der Waals surface area contributed by atoms with E-state index in [2.05, 4.69) is 10.2 Å². The van der Waals surface area contributed by atoms with E-state index in [1.165, 1.54) is 0 Å². The predicted octanol–water partition coefficient (Wildman–Crippen LogP) is 2.28. The maximum atomic E-state index is 5.80. The minimum Gasteiger partial charge on any atom is -0.494 e. The molecular weight excluding hydrogens is 218 g/mol. The zero-order valence-corrected chi connectivity index (χ0v) is 9.93. The summed E-state index contributed by atoms with van der Waals surface area (Å²) in [5.74, 6) is 1.79. The Hall–Kier alpha value is -2.04. The van der Waals surface area contributed by atoms with Crippen molar-refractivity contribution in [1.82, 2.24) is 10.2 Å². The van der Waals surface area contributed by atoms with Crippen molar-refractivity contribution in [3.63, 3.8) is 0 Å². The van der Waals surface area contributed by atoms with Crippen molar-refractivity contribution in [3.8, 4) is 17.2 Å². The average Bonchev–Trinajstić information content (AvgIpc) is 2.77. The van der Waals surface area contributed by atoms with Gasteiger partial charge in [0.15, 0.2) is 0 Å². The maximum absolute atomic E-state index is 5.80. The SMILES string of the molecule is CCOc1cc(N)cc(-c2nnc(CC)o2)c1. The van der Waals surface area contributed by atoms with E-state index in [1.54, 1.807) is 12.1 Å². The largest absolute Gasteiger partial charge is 0.494 e. The fourth-order valence-corrected chi connectivity index (χ4v) is 1.51. The molecule has 0 spiro atoms. The Bertz CT molecular complexity index is 508. The molecule has 1 aromatic heterocycles. The first kappa shape index (κ1) is 11.4. The minimum atomic E-state index is 0.468. The summed E-state index contributed by atoms with van der Waals surface area (Å²) in [7, 11) is 0. The van der Waals surface area contributed by atoms with Gasteiger partial charge in [-0.1, -0.05) is 6.92 Å². The monoisotopic (exact) mass is 233 g/mol. The second-order valence-electron chi connectivity index (χ2n) is 3.58. The normalized spacial score (nSPS) is 10.5. The summed E-state index contributed by atoms with van der Waals surface area (Å²) < 4.78 is 10.9. The summed E-state index contributed by atoms with van der Waals surface area (Å²) in [6.45, 7) is 4.47. The molecule has 0 aliphatic rings. The van der Waals surface area contributed by atoms with Crippen LogP contribution >= 0.6 is 0 Å². The van der Waals surface area contributed by atoms with Crippen molar-refractivity contribution >= 4 is 5.69 Å². The highest BCUT2D eigenvalue weighted by molar-refractivity contribution is 5.63. The van der Waals surface area contributed by atoms with Gasteiger partial charge >= 0.3 is 0 Å². The van der Waals surface area contributed by atoms with E-state index in [1.807, 2.05) is 19.9 Å². The summed E-state index contributed by atoms with van der Waals surface area (Å²) in [6, 6.07) is 5.40. The van der Waals surface area contributed by atoms with Crippen LogP contribution in [0.1, 0.15) is 19.7 Å². The third-order valence-electron chi connectivity index (χ3n) is 2.26. The van der Waals surface area contributed by atoms with Crippen LogP contribution in [0.25, 0.3) is 11.5 Å². The van der Waals surface area contributed by atoms with Gasteiger partial charge in [0.2, 0.25) is 11.8 Å². The van der Waals surface area contributed by atoms with Gasteiger partial charge in [0.1, 0.15) is 5.75 Å². The van der Waals surface area contributed by atoms with Gasteiger partial charge in [-0.25, -0.2) is 0 Å². The van der Waals surface area contributed by atoms with E-state index in [0.717, 1.165) is 5.56 Å². The highest BCUT2D eigenvalue weighted by atomic mass is 16.5. The number of ether oxygens (including phenoxy) is 1. The Balaban J connectivity index is 2.37. The fourth-order valence-electron chi connectivity index (χ4n) is 1.51. The summed E-state index contributed by atoms with van der Waals surface area (Å²) >= 11 is 0. The van der Waals surface area contributed by atoms with Crippen LogP contribution in [0.4, 0.5) is 5.69 Å². The van der Waals surface area contributed by atoms with Crippen LogP contribution in [0.15, 0.2) is 22.6 Å². The van der Waals surface area contributed by atoms with E-state index < -0.39 is 0 Å². The second-order valence-corrected chi connectivity index (χ2v) is 3.58. The first-order chi connectivity index (χ1) is 8.22. The summed E-state index contributed by atoms with van der Waals surface area (Å²) in [6.07, 6.45) is 0.716. The van der Waals surface area contributed by atoms with E-state index in [0.29, 0.717) is 36.2 Å². The molecule has 2 rings (SSSR count). The minimum absolute atomic E-state index is 0.468. The van der Waals surface area contributed by atoms with Gasteiger partial charge in [-0.3, -0.25) is 0 Å². The lowest BCUT2D eigenvalue weighted by molar-refractivity contribution is 0.340. The van der Waals surface area contributed by atoms with Gasteiger partial charge in [-0.05, 0) is 19.1 Å². The molecule has 1 heterocycles. The fraction of sp³-hybridized carbons (Fsp3) is 0.333. The number of nitrogens with zero attached hydrogens (tertiary/aromatic N) is 2. The number of hydrogen-bond acceptors (Lipinski definition) is 5. The Kier molecular flexibility index (Phi) is 3.27. The van der Waals surface area contributed by atoms with Crippen LogP contribution < -0.4 is 10.5 Å². The Labute approximate surface area is 99.6 Å². The first-order valence-electron chi connectivity index (χ1n) is 5.59. The van der Waals surface area contributed by atoms with Crippen LogP contribution in [0, 0.1) is 0 Å². The highest BCUT2D eigenvalue weighted by Crippen LogP contribution is 2.26. The van der Waals surface area contributed by atoms with E-state index >= 15 is 0 Å². The molecule has 0 amide bonds. The number of anilines is 1. The number of aromatic nitrogens is 2. The molecule has 5 heteroatoms. The molecule has 0 radical (unpaired) electrons. The van der Waals surface area contributed by atoms with Crippen LogP contribution in [-0.2, 0) is 6.42 Å². The topological polar surface area (TPSA) is 74.2 Å². The van der Waals surface area contributed by atoms with E-state index in [9.17, 15) is 0 Å². The third-order valence-corrected chi connectivity index (χ3v) is 2.26. The molecule has 1 aromatic carbocycles. The zero-order chi connectivity index (χ0) is 12.3. The van der Waals surface area contributed by atoms with Crippen LogP contribution in [0.5, 0.6) is 5.75 Å². The summed E-state index contributed by atoms with van der Waals surface area (Å²) in [5.41, 5.74) is 7.19. The van der Waals surface area contributed by atoms with Gasteiger partial charge in [0.05, 0.1) is 6.61 Å². The third kappa shape index (κ3) is 2.55.